The highest BCUT2D eigenvalue weighted by molar-refractivity contribution is 7.18. The molecular formula is C15H10Cl3NS. The van der Waals surface area contributed by atoms with Crippen LogP contribution in [0.1, 0.15) is 15.9 Å². The van der Waals surface area contributed by atoms with Crippen molar-refractivity contribution in [1.29, 1.82) is 0 Å². The number of alkyl halides is 1. The highest BCUT2D eigenvalue weighted by Crippen LogP contribution is 2.37. The Hall–Kier alpha value is -0.800. The Bertz CT molecular complexity index is 700. The number of hydrogen-bond donors (Lipinski definition) is 0. The summed E-state index contributed by atoms with van der Waals surface area (Å²) in [6.07, 6.45) is 0.615. The van der Waals surface area contributed by atoms with Gasteiger partial charge in [0.05, 0.1) is 20.6 Å². The molecule has 0 aliphatic carbocycles. The lowest BCUT2D eigenvalue weighted by Crippen LogP contribution is -1.97. The molecule has 0 saturated carbocycles. The molecule has 1 unspecified atom stereocenters. The predicted molar refractivity (Wildman–Crippen MR) is 88.4 cm³/mol. The fraction of sp³-hybridized carbons (Fsp3) is 0.133. The highest BCUT2D eigenvalue weighted by atomic mass is 35.5. The zero-order chi connectivity index (χ0) is 14.1. The lowest BCUT2D eigenvalue weighted by atomic mass is 10.1. The van der Waals surface area contributed by atoms with Gasteiger partial charge in [0.1, 0.15) is 0 Å². The molecule has 1 nitrogen and oxygen atoms in total. The molecule has 0 saturated heterocycles. The van der Waals surface area contributed by atoms with Crippen LogP contribution in [0, 0.1) is 0 Å². The van der Waals surface area contributed by atoms with Gasteiger partial charge in [-0.3, -0.25) is 0 Å². The second-order valence-electron chi connectivity index (χ2n) is 4.38. The van der Waals surface area contributed by atoms with Crippen LogP contribution in [-0.4, -0.2) is 4.98 Å². The van der Waals surface area contributed by atoms with Gasteiger partial charge in [0.2, 0.25) is 0 Å². The quantitative estimate of drug-likeness (QED) is 0.522. The topological polar surface area (TPSA) is 12.9 Å². The van der Waals surface area contributed by atoms with Gasteiger partial charge >= 0.3 is 0 Å². The van der Waals surface area contributed by atoms with Gasteiger partial charge in [0.25, 0.3) is 0 Å². The maximum atomic E-state index is 6.48. The first-order valence-corrected chi connectivity index (χ1v) is 8.08. The molecule has 1 aromatic heterocycles. The summed E-state index contributed by atoms with van der Waals surface area (Å²) in [4.78, 5) is 4.59. The molecule has 5 heteroatoms. The van der Waals surface area contributed by atoms with Gasteiger partial charge in [-0.1, -0.05) is 41.4 Å². The van der Waals surface area contributed by atoms with Crippen LogP contribution in [-0.2, 0) is 6.42 Å². The molecule has 0 fully saturated rings. The van der Waals surface area contributed by atoms with Crippen LogP contribution in [0.4, 0.5) is 0 Å². The second kappa shape index (κ2) is 5.90. The van der Waals surface area contributed by atoms with Crippen molar-refractivity contribution in [1.82, 2.24) is 4.98 Å². The summed E-state index contributed by atoms with van der Waals surface area (Å²) in [5.41, 5.74) is 1.78. The zero-order valence-corrected chi connectivity index (χ0v) is 13.4. The van der Waals surface area contributed by atoms with E-state index < -0.39 is 0 Å². The molecule has 3 rings (SSSR count). The Morgan fingerprint density at radius 3 is 2.40 bits per heavy atom. The number of halogens is 3. The van der Waals surface area contributed by atoms with E-state index in [4.69, 9.17) is 34.8 Å². The first kappa shape index (κ1) is 14.2. The van der Waals surface area contributed by atoms with Gasteiger partial charge < -0.3 is 0 Å². The third-order valence-corrected chi connectivity index (χ3v) is 5.10. The standard InChI is InChI=1S/C15H10Cl3NS/c16-9-4-3-5-10(17)15(9)11(18)8-14-19-12-6-1-2-7-13(12)20-14/h1-7,11H,8H2. The van der Waals surface area contributed by atoms with E-state index in [1.807, 2.05) is 24.3 Å². The van der Waals surface area contributed by atoms with Crippen LogP contribution in [0.25, 0.3) is 10.2 Å². The lowest BCUT2D eigenvalue weighted by molar-refractivity contribution is 0.911. The summed E-state index contributed by atoms with van der Waals surface area (Å²) in [5.74, 6) is 0. The molecular weight excluding hydrogens is 333 g/mol. The van der Waals surface area contributed by atoms with Gasteiger partial charge in [0, 0.05) is 22.0 Å². The minimum atomic E-state index is -0.281. The van der Waals surface area contributed by atoms with Crippen LogP contribution in [0.3, 0.4) is 0 Å². The van der Waals surface area contributed by atoms with Crippen molar-refractivity contribution < 1.29 is 0 Å². The zero-order valence-electron chi connectivity index (χ0n) is 10.3. The van der Waals surface area contributed by atoms with Crippen molar-refractivity contribution in [2.45, 2.75) is 11.8 Å². The molecule has 1 heterocycles. The molecule has 20 heavy (non-hydrogen) atoms. The Kier molecular flexibility index (Phi) is 4.18. The summed E-state index contributed by atoms with van der Waals surface area (Å²) in [7, 11) is 0. The summed E-state index contributed by atoms with van der Waals surface area (Å²) in [6.45, 7) is 0. The van der Waals surface area contributed by atoms with E-state index in [1.165, 1.54) is 0 Å². The fourth-order valence-corrected chi connectivity index (χ4v) is 4.33. The van der Waals surface area contributed by atoms with E-state index >= 15 is 0 Å². The Morgan fingerprint density at radius 1 is 1.00 bits per heavy atom. The Morgan fingerprint density at radius 2 is 1.70 bits per heavy atom. The number of benzene rings is 2. The fourth-order valence-electron chi connectivity index (χ4n) is 2.07. The van der Waals surface area contributed by atoms with Crippen molar-refractivity contribution in [3.8, 4) is 0 Å². The van der Waals surface area contributed by atoms with Gasteiger partial charge in [-0.05, 0) is 24.3 Å². The normalized spacial score (nSPS) is 12.8. The van der Waals surface area contributed by atoms with Crippen molar-refractivity contribution >= 4 is 56.4 Å². The number of thiazole rings is 1. The summed E-state index contributed by atoms with van der Waals surface area (Å²) >= 11 is 20.5. The Labute approximate surface area is 136 Å². The minimum absolute atomic E-state index is 0.281. The molecule has 0 spiro atoms. The first-order valence-electron chi connectivity index (χ1n) is 6.07. The van der Waals surface area contributed by atoms with Crippen molar-refractivity contribution in [2.75, 3.05) is 0 Å². The number of hydrogen-bond acceptors (Lipinski definition) is 2. The third-order valence-electron chi connectivity index (χ3n) is 3.00. The van der Waals surface area contributed by atoms with Gasteiger partial charge in [-0.25, -0.2) is 4.98 Å². The molecule has 0 radical (unpaired) electrons. The molecule has 1 atom stereocenters. The van der Waals surface area contributed by atoms with Crippen LogP contribution in [0.5, 0.6) is 0 Å². The number of fused-ring (bicyclic) bond motifs is 1. The number of nitrogens with zero attached hydrogens (tertiary/aromatic N) is 1. The average Bonchev–Trinajstić information content (AvgIpc) is 2.80. The molecule has 0 aliphatic rings. The lowest BCUT2D eigenvalue weighted by Gasteiger charge is -2.11. The molecule has 102 valence electrons. The summed E-state index contributed by atoms with van der Waals surface area (Å²) < 4.78 is 1.16. The van der Waals surface area contributed by atoms with E-state index in [0.717, 1.165) is 20.8 Å². The van der Waals surface area contributed by atoms with E-state index in [9.17, 15) is 0 Å². The van der Waals surface area contributed by atoms with E-state index in [1.54, 1.807) is 23.5 Å². The van der Waals surface area contributed by atoms with E-state index in [2.05, 4.69) is 11.1 Å². The molecule has 0 amide bonds. The van der Waals surface area contributed by atoms with E-state index in [-0.39, 0.29) is 5.38 Å². The largest absolute Gasteiger partial charge is 0.241 e. The molecule has 0 bridgehead atoms. The number of rotatable bonds is 3. The maximum absolute atomic E-state index is 6.48. The summed E-state index contributed by atoms with van der Waals surface area (Å²) in [6, 6.07) is 13.5. The van der Waals surface area contributed by atoms with Crippen LogP contribution >= 0.6 is 46.1 Å². The van der Waals surface area contributed by atoms with Crippen molar-refractivity contribution in [3.05, 3.63) is 63.1 Å². The average molecular weight is 343 g/mol. The minimum Gasteiger partial charge on any atom is -0.241 e. The molecule has 3 aromatic rings. The Balaban J connectivity index is 1.90. The van der Waals surface area contributed by atoms with Gasteiger partial charge in [-0.2, -0.15) is 0 Å². The number of aromatic nitrogens is 1. The van der Waals surface area contributed by atoms with E-state index in [0.29, 0.717) is 16.5 Å². The summed E-state index contributed by atoms with van der Waals surface area (Å²) in [5, 5.41) is 1.90. The maximum Gasteiger partial charge on any atom is 0.0956 e. The monoisotopic (exact) mass is 341 g/mol. The van der Waals surface area contributed by atoms with Crippen molar-refractivity contribution in [2.24, 2.45) is 0 Å². The van der Waals surface area contributed by atoms with Crippen LogP contribution < -0.4 is 0 Å². The van der Waals surface area contributed by atoms with Crippen molar-refractivity contribution in [3.63, 3.8) is 0 Å². The smallest absolute Gasteiger partial charge is 0.0956 e. The van der Waals surface area contributed by atoms with Gasteiger partial charge in [-0.15, -0.1) is 22.9 Å². The third kappa shape index (κ3) is 2.79. The molecule has 2 aromatic carbocycles. The molecule has 0 aliphatic heterocycles. The highest BCUT2D eigenvalue weighted by Gasteiger charge is 2.18. The van der Waals surface area contributed by atoms with Gasteiger partial charge in [0.15, 0.2) is 0 Å². The predicted octanol–water partition coefficient (Wildman–Crippen LogP) is 6.13. The second-order valence-corrected chi connectivity index (χ2v) is 6.84. The molecule has 0 N–H and O–H groups in total. The number of para-hydroxylation sites is 1. The first-order chi connectivity index (χ1) is 9.65. The van der Waals surface area contributed by atoms with Crippen LogP contribution in [0.15, 0.2) is 42.5 Å². The van der Waals surface area contributed by atoms with Crippen LogP contribution in [0.2, 0.25) is 10.0 Å². The SMILES string of the molecule is Clc1cccc(Cl)c1C(Cl)Cc1nc2ccccc2s1.